The summed E-state index contributed by atoms with van der Waals surface area (Å²) in [6, 6.07) is 8.95. The highest BCUT2D eigenvalue weighted by molar-refractivity contribution is 7.12. The predicted molar refractivity (Wildman–Crippen MR) is 99.3 cm³/mol. The highest BCUT2D eigenvalue weighted by Gasteiger charge is 2.36. The number of carboxylic acids is 1. The second-order valence-corrected chi connectivity index (χ2v) is 8.27. The van der Waals surface area contributed by atoms with Gasteiger partial charge in [0.15, 0.2) is 0 Å². The molecule has 0 aliphatic carbocycles. The molecule has 2 aromatic rings. The summed E-state index contributed by atoms with van der Waals surface area (Å²) in [4.78, 5) is 16.2. The summed E-state index contributed by atoms with van der Waals surface area (Å²) in [7, 11) is 0. The van der Waals surface area contributed by atoms with Gasteiger partial charge in [-0.25, -0.2) is 0 Å². The van der Waals surface area contributed by atoms with Gasteiger partial charge in [-0.3, -0.25) is 9.69 Å². The normalized spacial score (nSPS) is 20.0. The third-order valence-electron chi connectivity index (χ3n) is 4.45. The van der Waals surface area contributed by atoms with E-state index in [1.54, 1.807) is 17.4 Å². The molecular weight excluding hydrogens is 365 g/mol. The zero-order valence-electron chi connectivity index (χ0n) is 13.3. The van der Waals surface area contributed by atoms with Crippen LogP contribution in [0, 0.1) is 6.92 Å². The second kappa shape index (κ2) is 7.44. The van der Waals surface area contributed by atoms with Crippen LogP contribution in [-0.2, 0) is 4.79 Å². The van der Waals surface area contributed by atoms with Gasteiger partial charge in [0.1, 0.15) is 6.04 Å². The molecule has 1 aromatic heterocycles. The summed E-state index contributed by atoms with van der Waals surface area (Å²) in [6.45, 7) is 2.80. The van der Waals surface area contributed by atoms with Gasteiger partial charge in [-0.1, -0.05) is 35.7 Å². The molecule has 0 bridgehead atoms. The van der Waals surface area contributed by atoms with Crippen LogP contribution in [0.15, 0.2) is 30.3 Å². The van der Waals surface area contributed by atoms with Crippen LogP contribution < -0.4 is 0 Å². The smallest absolute Gasteiger partial charge is 0.320 e. The van der Waals surface area contributed by atoms with Gasteiger partial charge >= 0.3 is 5.97 Å². The number of likely N-dealkylation sites (tertiary alicyclic amines) is 1. The molecule has 1 aliphatic heterocycles. The minimum atomic E-state index is -0.766. The molecule has 6 heteroatoms. The van der Waals surface area contributed by atoms with Gasteiger partial charge in [-0.2, -0.15) is 0 Å². The molecule has 0 amide bonds. The Morgan fingerprint density at radius 3 is 2.71 bits per heavy atom. The van der Waals surface area contributed by atoms with E-state index in [2.05, 4.69) is 24.0 Å². The summed E-state index contributed by atoms with van der Waals surface area (Å²) in [6.07, 6.45) is 2.61. The van der Waals surface area contributed by atoms with Gasteiger partial charge in [0.25, 0.3) is 0 Å². The van der Waals surface area contributed by atoms with E-state index in [0.29, 0.717) is 16.5 Å². The summed E-state index contributed by atoms with van der Waals surface area (Å²) >= 11 is 14.2. The number of carbonyl (C=O) groups is 1. The second-order valence-electron chi connectivity index (χ2n) is 6.10. The fourth-order valence-electron chi connectivity index (χ4n) is 3.35. The molecule has 2 atom stereocenters. The Balaban J connectivity index is 2.09. The molecule has 0 spiro atoms. The number of hydrogen-bond acceptors (Lipinski definition) is 3. The minimum absolute atomic E-state index is 0.158. The van der Waals surface area contributed by atoms with Crippen LogP contribution in [0.25, 0.3) is 0 Å². The van der Waals surface area contributed by atoms with Gasteiger partial charge in [0.2, 0.25) is 0 Å². The van der Waals surface area contributed by atoms with Crippen LogP contribution in [-0.4, -0.2) is 28.6 Å². The topological polar surface area (TPSA) is 40.5 Å². The first kappa shape index (κ1) is 17.7. The molecule has 2 unspecified atom stereocenters. The lowest BCUT2D eigenvalue weighted by Crippen LogP contribution is -2.46. The number of aryl methyl sites for hydroxylation is 1. The summed E-state index contributed by atoms with van der Waals surface area (Å²) < 4.78 is 0. The van der Waals surface area contributed by atoms with Gasteiger partial charge < -0.3 is 5.11 Å². The predicted octanol–water partition coefficient (Wildman–Crippen LogP) is 5.39. The van der Waals surface area contributed by atoms with Gasteiger partial charge in [-0.05, 0) is 56.1 Å². The Hall–Kier alpha value is -1.07. The monoisotopic (exact) mass is 383 g/mol. The first-order chi connectivity index (χ1) is 11.5. The molecule has 1 aliphatic rings. The molecule has 3 rings (SSSR count). The Labute approximate surface area is 155 Å². The van der Waals surface area contributed by atoms with E-state index in [4.69, 9.17) is 23.2 Å². The number of piperidine rings is 1. The van der Waals surface area contributed by atoms with Crippen molar-refractivity contribution in [2.24, 2.45) is 0 Å². The van der Waals surface area contributed by atoms with E-state index in [9.17, 15) is 9.90 Å². The Morgan fingerprint density at radius 2 is 2.08 bits per heavy atom. The maximum absolute atomic E-state index is 11.8. The number of hydrogen-bond donors (Lipinski definition) is 1. The molecule has 24 heavy (non-hydrogen) atoms. The summed E-state index contributed by atoms with van der Waals surface area (Å²) in [5, 5.41) is 10.8. The highest BCUT2D eigenvalue weighted by atomic mass is 35.5. The lowest BCUT2D eigenvalue weighted by molar-refractivity contribution is -0.145. The molecule has 0 radical (unpaired) electrons. The molecule has 2 heterocycles. The van der Waals surface area contributed by atoms with Crippen molar-refractivity contribution in [2.45, 2.75) is 38.3 Å². The first-order valence-electron chi connectivity index (χ1n) is 7.97. The Morgan fingerprint density at radius 1 is 1.29 bits per heavy atom. The van der Waals surface area contributed by atoms with E-state index >= 15 is 0 Å². The molecular formula is C18H19Cl2NO2S. The minimum Gasteiger partial charge on any atom is -0.480 e. The number of carboxylic acid groups (broad SMARTS) is 1. The first-order valence-corrected chi connectivity index (χ1v) is 9.54. The summed E-state index contributed by atoms with van der Waals surface area (Å²) in [5.74, 6) is -0.766. The fourth-order valence-corrected chi connectivity index (χ4v) is 4.88. The number of nitrogens with zero attached hydrogens (tertiary/aromatic N) is 1. The van der Waals surface area contributed by atoms with E-state index < -0.39 is 12.0 Å². The van der Waals surface area contributed by atoms with E-state index in [1.807, 2.05) is 12.1 Å². The number of benzene rings is 1. The van der Waals surface area contributed by atoms with Crippen molar-refractivity contribution in [1.82, 2.24) is 4.90 Å². The van der Waals surface area contributed by atoms with E-state index in [1.165, 1.54) is 4.88 Å². The van der Waals surface area contributed by atoms with Crippen molar-refractivity contribution in [3.8, 4) is 0 Å². The fraction of sp³-hybridized carbons (Fsp3) is 0.389. The van der Waals surface area contributed by atoms with Crippen LogP contribution >= 0.6 is 34.5 Å². The number of halogens is 2. The van der Waals surface area contributed by atoms with Crippen LogP contribution in [0.4, 0.5) is 0 Å². The summed E-state index contributed by atoms with van der Waals surface area (Å²) in [5.41, 5.74) is 0.913. The van der Waals surface area contributed by atoms with Crippen LogP contribution in [0.5, 0.6) is 0 Å². The number of thiophene rings is 1. The van der Waals surface area contributed by atoms with Crippen LogP contribution in [0.1, 0.15) is 40.6 Å². The van der Waals surface area contributed by atoms with Crippen LogP contribution in [0.2, 0.25) is 10.0 Å². The standard InChI is InChI=1S/C18H19Cl2NO2S/c1-11-5-8-16(24-11)17(13-7-6-12(19)10-14(13)20)21-9-3-2-4-15(21)18(22)23/h5-8,10,15,17H,2-4,9H2,1H3,(H,22,23). The third kappa shape index (κ3) is 3.62. The highest BCUT2D eigenvalue weighted by Crippen LogP contribution is 2.40. The van der Waals surface area contributed by atoms with Gasteiger partial charge in [0.05, 0.1) is 6.04 Å². The van der Waals surface area contributed by atoms with Crippen molar-refractivity contribution < 1.29 is 9.90 Å². The largest absolute Gasteiger partial charge is 0.480 e. The maximum Gasteiger partial charge on any atom is 0.320 e. The number of rotatable bonds is 4. The Kier molecular flexibility index (Phi) is 5.50. The molecule has 3 nitrogen and oxygen atoms in total. The third-order valence-corrected chi connectivity index (χ3v) is 6.06. The molecule has 1 saturated heterocycles. The van der Waals surface area contributed by atoms with Crippen molar-refractivity contribution in [3.05, 3.63) is 55.7 Å². The zero-order chi connectivity index (χ0) is 17.3. The lowest BCUT2D eigenvalue weighted by Gasteiger charge is -2.39. The van der Waals surface area contributed by atoms with Crippen LogP contribution in [0.3, 0.4) is 0 Å². The number of aliphatic carboxylic acids is 1. The average molecular weight is 384 g/mol. The zero-order valence-corrected chi connectivity index (χ0v) is 15.7. The van der Waals surface area contributed by atoms with Gasteiger partial charge in [-0.15, -0.1) is 11.3 Å². The molecule has 128 valence electrons. The lowest BCUT2D eigenvalue weighted by atomic mass is 9.95. The van der Waals surface area contributed by atoms with E-state index in [0.717, 1.165) is 29.8 Å². The van der Waals surface area contributed by atoms with E-state index in [-0.39, 0.29) is 6.04 Å². The average Bonchev–Trinajstić information content (AvgIpc) is 2.96. The quantitative estimate of drug-likeness (QED) is 0.768. The SMILES string of the molecule is Cc1ccc(C(c2ccc(Cl)cc2Cl)N2CCCCC2C(=O)O)s1. The molecule has 1 N–H and O–H groups in total. The van der Waals surface area contributed by atoms with Gasteiger partial charge in [0, 0.05) is 19.8 Å². The maximum atomic E-state index is 11.8. The molecule has 0 saturated carbocycles. The molecule has 1 fully saturated rings. The van der Waals surface area contributed by atoms with Crippen molar-refractivity contribution in [2.75, 3.05) is 6.54 Å². The van der Waals surface area contributed by atoms with Crippen molar-refractivity contribution >= 4 is 40.5 Å². The molecule has 1 aromatic carbocycles. The Bertz CT molecular complexity index is 746. The van der Waals surface area contributed by atoms with Crippen molar-refractivity contribution in [3.63, 3.8) is 0 Å². The van der Waals surface area contributed by atoms with Crippen molar-refractivity contribution in [1.29, 1.82) is 0 Å².